The van der Waals surface area contributed by atoms with Crippen LogP contribution < -0.4 is 5.56 Å². The Morgan fingerprint density at radius 1 is 1.20 bits per heavy atom. The highest BCUT2D eigenvalue weighted by Crippen LogP contribution is 2.23. The molecule has 4 heteroatoms. The molecule has 0 fully saturated rings. The summed E-state index contributed by atoms with van der Waals surface area (Å²) in [6, 6.07) is 10.00. The smallest absolute Gasteiger partial charge is 0.254 e. The van der Waals surface area contributed by atoms with Crippen LogP contribution in [0.3, 0.4) is 0 Å². The van der Waals surface area contributed by atoms with E-state index >= 15 is 0 Å². The molecular formula is C16H15N3O. The zero-order valence-electron chi connectivity index (χ0n) is 11.5. The third kappa shape index (κ3) is 2.09. The first-order valence-electron chi connectivity index (χ1n) is 6.63. The van der Waals surface area contributed by atoms with Crippen molar-refractivity contribution in [2.45, 2.75) is 20.3 Å². The van der Waals surface area contributed by atoms with E-state index in [1.807, 2.05) is 44.2 Å². The highest BCUT2D eigenvalue weighted by Gasteiger charge is 2.09. The van der Waals surface area contributed by atoms with Crippen molar-refractivity contribution in [3.8, 4) is 11.3 Å². The summed E-state index contributed by atoms with van der Waals surface area (Å²) in [6.45, 7) is 3.93. The second kappa shape index (κ2) is 4.89. The van der Waals surface area contributed by atoms with Gasteiger partial charge in [0.1, 0.15) is 0 Å². The molecule has 0 saturated heterocycles. The van der Waals surface area contributed by atoms with Crippen molar-refractivity contribution in [2.24, 2.45) is 0 Å². The Morgan fingerprint density at radius 3 is 2.85 bits per heavy atom. The first-order valence-corrected chi connectivity index (χ1v) is 6.63. The fourth-order valence-corrected chi connectivity index (χ4v) is 2.38. The van der Waals surface area contributed by atoms with Gasteiger partial charge in [-0.3, -0.25) is 9.78 Å². The van der Waals surface area contributed by atoms with Crippen LogP contribution in [-0.4, -0.2) is 15.0 Å². The van der Waals surface area contributed by atoms with Gasteiger partial charge in [0.25, 0.3) is 5.56 Å². The molecule has 3 aromatic rings. The van der Waals surface area contributed by atoms with E-state index < -0.39 is 0 Å². The average molecular weight is 265 g/mol. The van der Waals surface area contributed by atoms with Gasteiger partial charge in [0.15, 0.2) is 0 Å². The van der Waals surface area contributed by atoms with Crippen LogP contribution in [0.2, 0.25) is 0 Å². The molecule has 4 nitrogen and oxygen atoms in total. The molecule has 0 atom stereocenters. The van der Waals surface area contributed by atoms with E-state index in [9.17, 15) is 4.79 Å². The van der Waals surface area contributed by atoms with Gasteiger partial charge in [-0.25, -0.2) is 4.98 Å². The molecular weight excluding hydrogens is 250 g/mol. The van der Waals surface area contributed by atoms with Crippen molar-refractivity contribution in [1.29, 1.82) is 0 Å². The Bertz CT molecular complexity index is 836. The number of fused-ring (bicyclic) bond motifs is 1. The minimum atomic E-state index is -0.0698. The molecule has 2 aromatic heterocycles. The van der Waals surface area contributed by atoms with Crippen LogP contribution in [-0.2, 0) is 6.42 Å². The third-order valence-corrected chi connectivity index (χ3v) is 3.40. The van der Waals surface area contributed by atoms with E-state index in [2.05, 4.69) is 15.0 Å². The summed E-state index contributed by atoms with van der Waals surface area (Å²) in [5, 5.41) is 1.05. The van der Waals surface area contributed by atoms with Crippen LogP contribution in [0.4, 0.5) is 0 Å². The standard InChI is InChI=1S/C16H15N3O/c1-3-13-15(17-9-18-16(13)20)12-6-7-14-11(8-12)5-4-10(2)19-14/h4-9H,3H2,1-2H3,(H,17,18,20). The molecule has 2 heterocycles. The fourth-order valence-electron chi connectivity index (χ4n) is 2.38. The van der Waals surface area contributed by atoms with Gasteiger partial charge in [-0.15, -0.1) is 0 Å². The zero-order chi connectivity index (χ0) is 14.1. The predicted octanol–water partition coefficient (Wildman–Crippen LogP) is 2.86. The van der Waals surface area contributed by atoms with Crippen molar-refractivity contribution in [2.75, 3.05) is 0 Å². The van der Waals surface area contributed by atoms with E-state index in [1.54, 1.807) is 0 Å². The Balaban J connectivity index is 2.23. The second-order valence-corrected chi connectivity index (χ2v) is 4.77. The summed E-state index contributed by atoms with van der Waals surface area (Å²) in [6.07, 6.45) is 2.11. The number of aromatic nitrogens is 3. The topological polar surface area (TPSA) is 58.6 Å². The first-order chi connectivity index (χ1) is 9.69. The molecule has 20 heavy (non-hydrogen) atoms. The number of H-pyrrole nitrogens is 1. The van der Waals surface area contributed by atoms with Crippen LogP contribution >= 0.6 is 0 Å². The minimum Gasteiger partial charge on any atom is -0.313 e. The Morgan fingerprint density at radius 2 is 2.05 bits per heavy atom. The second-order valence-electron chi connectivity index (χ2n) is 4.77. The summed E-state index contributed by atoms with van der Waals surface area (Å²) in [4.78, 5) is 23.3. The SMILES string of the molecule is CCc1c(-c2ccc3nc(C)ccc3c2)nc[nH]c1=O. The lowest BCUT2D eigenvalue weighted by Gasteiger charge is -2.07. The number of nitrogens with one attached hydrogen (secondary N) is 1. The van der Waals surface area contributed by atoms with E-state index in [4.69, 9.17) is 0 Å². The molecule has 0 amide bonds. The molecule has 3 rings (SSSR count). The number of aryl methyl sites for hydroxylation is 1. The summed E-state index contributed by atoms with van der Waals surface area (Å²) in [5.41, 5.74) is 4.29. The lowest BCUT2D eigenvalue weighted by molar-refractivity contribution is 1.01. The van der Waals surface area contributed by atoms with Gasteiger partial charge >= 0.3 is 0 Å². The van der Waals surface area contributed by atoms with Gasteiger partial charge in [-0.2, -0.15) is 0 Å². The Hall–Kier alpha value is -2.49. The quantitative estimate of drug-likeness (QED) is 0.775. The molecule has 100 valence electrons. The highest BCUT2D eigenvalue weighted by atomic mass is 16.1. The lowest BCUT2D eigenvalue weighted by Crippen LogP contribution is -2.14. The van der Waals surface area contributed by atoms with Gasteiger partial charge in [0.2, 0.25) is 0 Å². The fraction of sp³-hybridized carbons (Fsp3) is 0.188. The minimum absolute atomic E-state index is 0.0698. The van der Waals surface area contributed by atoms with E-state index in [1.165, 1.54) is 6.33 Å². The molecule has 1 N–H and O–H groups in total. The van der Waals surface area contributed by atoms with E-state index in [0.29, 0.717) is 12.0 Å². The van der Waals surface area contributed by atoms with Crippen LogP contribution in [0.1, 0.15) is 18.2 Å². The molecule has 0 aliphatic carbocycles. The van der Waals surface area contributed by atoms with Gasteiger partial charge in [-0.05, 0) is 31.5 Å². The maximum absolute atomic E-state index is 11.8. The van der Waals surface area contributed by atoms with Gasteiger partial charge < -0.3 is 4.98 Å². The van der Waals surface area contributed by atoms with E-state index in [0.717, 1.165) is 27.9 Å². The number of hydrogen-bond donors (Lipinski definition) is 1. The molecule has 0 spiro atoms. The summed E-state index contributed by atoms with van der Waals surface area (Å²) >= 11 is 0. The normalized spacial score (nSPS) is 10.9. The molecule has 0 aliphatic rings. The van der Waals surface area contributed by atoms with Crippen LogP contribution in [0, 0.1) is 6.92 Å². The molecule has 0 radical (unpaired) electrons. The zero-order valence-corrected chi connectivity index (χ0v) is 11.5. The number of rotatable bonds is 2. The van der Waals surface area contributed by atoms with Crippen molar-refractivity contribution >= 4 is 10.9 Å². The van der Waals surface area contributed by atoms with Crippen molar-refractivity contribution in [3.05, 3.63) is 58.3 Å². The average Bonchev–Trinajstić information content (AvgIpc) is 2.46. The van der Waals surface area contributed by atoms with E-state index in [-0.39, 0.29) is 5.56 Å². The van der Waals surface area contributed by atoms with Crippen molar-refractivity contribution < 1.29 is 0 Å². The first kappa shape index (κ1) is 12.5. The Kier molecular flexibility index (Phi) is 3.06. The van der Waals surface area contributed by atoms with Gasteiger partial charge in [0, 0.05) is 22.2 Å². The largest absolute Gasteiger partial charge is 0.313 e. The number of hydrogen-bond acceptors (Lipinski definition) is 3. The van der Waals surface area contributed by atoms with Crippen LogP contribution in [0.5, 0.6) is 0 Å². The molecule has 1 aromatic carbocycles. The summed E-state index contributed by atoms with van der Waals surface area (Å²) < 4.78 is 0. The maximum atomic E-state index is 11.8. The number of nitrogens with zero attached hydrogens (tertiary/aromatic N) is 2. The molecule has 0 aliphatic heterocycles. The van der Waals surface area contributed by atoms with Crippen LogP contribution in [0.25, 0.3) is 22.2 Å². The third-order valence-electron chi connectivity index (χ3n) is 3.40. The summed E-state index contributed by atoms with van der Waals surface area (Å²) in [5.74, 6) is 0. The predicted molar refractivity (Wildman–Crippen MR) is 79.7 cm³/mol. The molecule has 0 bridgehead atoms. The van der Waals surface area contributed by atoms with Gasteiger partial charge in [0.05, 0.1) is 17.5 Å². The molecule has 0 saturated carbocycles. The maximum Gasteiger partial charge on any atom is 0.254 e. The van der Waals surface area contributed by atoms with Crippen LogP contribution in [0.15, 0.2) is 41.5 Å². The van der Waals surface area contributed by atoms with Crippen molar-refractivity contribution in [3.63, 3.8) is 0 Å². The molecule has 0 unspecified atom stereocenters. The summed E-state index contributed by atoms with van der Waals surface area (Å²) in [7, 11) is 0. The lowest BCUT2D eigenvalue weighted by atomic mass is 10.0. The van der Waals surface area contributed by atoms with Crippen molar-refractivity contribution in [1.82, 2.24) is 15.0 Å². The highest BCUT2D eigenvalue weighted by molar-refractivity contribution is 5.84. The number of benzene rings is 1. The number of aromatic amines is 1. The Labute approximate surface area is 116 Å². The van der Waals surface area contributed by atoms with Gasteiger partial charge in [-0.1, -0.05) is 19.1 Å². The monoisotopic (exact) mass is 265 g/mol. The number of pyridine rings is 1.